The van der Waals surface area contributed by atoms with E-state index in [2.05, 4.69) is 5.10 Å². The number of aliphatic hydroxyl groups is 1. The van der Waals surface area contributed by atoms with Crippen LogP contribution in [0.15, 0.2) is 6.07 Å². The Morgan fingerprint density at radius 1 is 1.67 bits per heavy atom. The highest BCUT2D eigenvalue weighted by atomic mass is 16.3. The van der Waals surface area contributed by atoms with Gasteiger partial charge in [-0.2, -0.15) is 5.10 Å². The van der Waals surface area contributed by atoms with Crippen molar-refractivity contribution < 1.29 is 5.11 Å². The van der Waals surface area contributed by atoms with Crippen molar-refractivity contribution in [1.82, 2.24) is 9.78 Å². The van der Waals surface area contributed by atoms with Crippen molar-refractivity contribution >= 4 is 0 Å². The molecule has 1 saturated carbocycles. The van der Waals surface area contributed by atoms with E-state index in [1.165, 1.54) is 18.5 Å². The average molecular weight is 166 g/mol. The van der Waals surface area contributed by atoms with Crippen molar-refractivity contribution in [3.63, 3.8) is 0 Å². The van der Waals surface area contributed by atoms with E-state index in [9.17, 15) is 0 Å². The summed E-state index contributed by atoms with van der Waals surface area (Å²) in [6.07, 6.45) is 2.54. The van der Waals surface area contributed by atoms with E-state index in [-0.39, 0.29) is 6.61 Å². The van der Waals surface area contributed by atoms with Gasteiger partial charge in [0.25, 0.3) is 0 Å². The van der Waals surface area contributed by atoms with Crippen LogP contribution in [0.5, 0.6) is 0 Å². The molecule has 0 atom stereocenters. The highest BCUT2D eigenvalue weighted by Crippen LogP contribution is 2.39. The van der Waals surface area contributed by atoms with Crippen LogP contribution in [0, 0.1) is 0 Å². The molecule has 0 radical (unpaired) electrons. The molecule has 0 saturated heterocycles. The third-order valence-corrected chi connectivity index (χ3v) is 2.34. The summed E-state index contributed by atoms with van der Waals surface area (Å²) in [4.78, 5) is 0. The molecule has 1 N–H and O–H groups in total. The summed E-state index contributed by atoms with van der Waals surface area (Å²) >= 11 is 0. The Morgan fingerprint density at radius 3 is 2.83 bits per heavy atom. The van der Waals surface area contributed by atoms with E-state index in [1.54, 1.807) is 0 Å². The molecule has 12 heavy (non-hydrogen) atoms. The van der Waals surface area contributed by atoms with Crippen LogP contribution in [0.4, 0.5) is 0 Å². The minimum absolute atomic E-state index is 0.105. The molecule has 66 valence electrons. The first kappa shape index (κ1) is 7.80. The van der Waals surface area contributed by atoms with Crippen molar-refractivity contribution in [3.05, 3.63) is 17.5 Å². The largest absolute Gasteiger partial charge is 0.390 e. The van der Waals surface area contributed by atoms with E-state index in [0.717, 1.165) is 12.2 Å². The van der Waals surface area contributed by atoms with Gasteiger partial charge < -0.3 is 5.11 Å². The normalized spacial score (nSPS) is 16.8. The molecule has 1 aliphatic rings. The predicted octanol–water partition coefficient (Wildman–Crippen LogP) is 1.27. The van der Waals surface area contributed by atoms with Gasteiger partial charge >= 0.3 is 0 Å². The van der Waals surface area contributed by atoms with E-state index in [0.29, 0.717) is 5.92 Å². The first-order valence-corrected chi connectivity index (χ1v) is 4.52. The Bertz CT molecular complexity index is 255. The number of aromatic nitrogens is 2. The Morgan fingerprint density at radius 2 is 2.42 bits per heavy atom. The first-order chi connectivity index (χ1) is 5.85. The molecule has 0 bridgehead atoms. The van der Waals surface area contributed by atoms with Gasteiger partial charge in [-0.15, -0.1) is 0 Å². The Kier molecular flexibility index (Phi) is 1.89. The van der Waals surface area contributed by atoms with Gasteiger partial charge in [0.2, 0.25) is 0 Å². The summed E-state index contributed by atoms with van der Waals surface area (Å²) in [7, 11) is 0. The summed E-state index contributed by atoms with van der Waals surface area (Å²) < 4.78 is 1.88. The molecule has 1 heterocycles. The van der Waals surface area contributed by atoms with Gasteiger partial charge in [-0.05, 0) is 25.8 Å². The fourth-order valence-electron chi connectivity index (χ4n) is 1.46. The van der Waals surface area contributed by atoms with Crippen LogP contribution < -0.4 is 0 Å². The quantitative estimate of drug-likeness (QED) is 0.734. The number of hydrogen-bond acceptors (Lipinski definition) is 2. The van der Waals surface area contributed by atoms with E-state index in [4.69, 9.17) is 5.11 Å². The second-order valence-corrected chi connectivity index (χ2v) is 3.31. The molecule has 0 aliphatic heterocycles. The summed E-state index contributed by atoms with van der Waals surface area (Å²) in [6.45, 7) is 3.00. The molecule has 1 aromatic heterocycles. The molecule has 2 rings (SSSR count). The number of aryl methyl sites for hydroxylation is 1. The molecule has 3 nitrogen and oxygen atoms in total. The molecule has 1 aromatic rings. The van der Waals surface area contributed by atoms with Crippen LogP contribution in [0.25, 0.3) is 0 Å². The molecule has 0 spiro atoms. The maximum Gasteiger partial charge on any atom is 0.0849 e. The predicted molar refractivity (Wildman–Crippen MR) is 45.8 cm³/mol. The Labute approximate surface area is 72.0 Å². The second-order valence-electron chi connectivity index (χ2n) is 3.31. The molecule has 1 fully saturated rings. The van der Waals surface area contributed by atoms with Gasteiger partial charge in [-0.1, -0.05) is 0 Å². The second kappa shape index (κ2) is 2.90. The van der Waals surface area contributed by atoms with Crippen molar-refractivity contribution in [1.29, 1.82) is 0 Å². The fourth-order valence-corrected chi connectivity index (χ4v) is 1.46. The van der Waals surface area contributed by atoms with Gasteiger partial charge in [0, 0.05) is 12.5 Å². The highest BCUT2D eigenvalue weighted by Gasteiger charge is 2.26. The average Bonchev–Trinajstić information content (AvgIpc) is 2.85. The van der Waals surface area contributed by atoms with Crippen molar-refractivity contribution in [2.24, 2.45) is 0 Å². The molecule has 3 heteroatoms. The van der Waals surface area contributed by atoms with Crippen LogP contribution in [0.1, 0.15) is 37.1 Å². The number of hydrogen-bond donors (Lipinski definition) is 1. The van der Waals surface area contributed by atoms with Gasteiger partial charge in [-0.25, -0.2) is 0 Å². The van der Waals surface area contributed by atoms with Crippen molar-refractivity contribution in [2.45, 2.75) is 38.8 Å². The van der Waals surface area contributed by atoms with Crippen molar-refractivity contribution in [2.75, 3.05) is 0 Å². The summed E-state index contributed by atoms with van der Waals surface area (Å²) in [5.74, 6) is 0.683. The minimum Gasteiger partial charge on any atom is -0.390 e. The van der Waals surface area contributed by atoms with Crippen LogP contribution in [-0.2, 0) is 13.2 Å². The topological polar surface area (TPSA) is 38.0 Å². The first-order valence-electron chi connectivity index (χ1n) is 4.52. The molecule has 0 aromatic carbocycles. The van der Waals surface area contributed by atoms with E-state index in [1.807, 2.05) is 17.7 Å². The minimum atomic E-state index is 0.105. The number of aliphatic hydroxyl groups excluding tert-OH is 1. The smallest absolute Gasteiger partial charge is 0.0849 e. The van der Waals surface area contributed by atoms with Gasteiger partial charge in [0.15, 0.2) is 0 Å². The molecular weight excluding hydrogens is 152 g/mol. The molecule has 1 aliphatic carbocycles. The number of nitrogens with zero attached hydrogens (tertiary/aromatic N) is 2. The maximum absolute atomic E-state index is 9.00. The molecule has 0 unspecified atom stereocenters. The lowest BCUT2D eigenvalue weighted by molar-refractivity contribution is 0.268. The summed E-state index contributed by atoms with van der Waals surface area (Å²) in [6, 6.07) is 2.03. The van der Waals surface area contributed by atoms with Crippen molar-refractivity contribution in [3.8, 4) is 0 Å². The molecule has 0 amide bonds. The zero-order valence-electron chi connectivity index (χ0n) is 7.32. The van der Waals surface area contributed by atoms with E-state index >= 15 is 0 Å². The zero-order valence-corrected chi connectivity index (χ0v) is 7.32. The Hall–Kier alpha value is -0.830. The third-order valence-electron chi connectivity index (χ3n) is 2.34. The summed E-state index contributed by atoms with van der Waals surface area (Å²) in [5.41, 5.74) is 2.11. The zero-order chi connectivity index (χ0) is 8.55. The van der Waals surface area contributed by atoms with Gasteiger partial charge in [0.1, 0.15) is 0 Å². The Balaban J connectivity index is 2.27. The SMILES string of the molecule is CCn1nc(C2CC2)cc1CO. The van der Waals surface area contributed by atoms with Crippen LogP contribution in [0.3, 0.4) is 0 Å². The number of rotatable bonds is 3. The monoisotopic (exact) mass is 166 g/mol. The van der Waals surface area contributed by atoms with Gasteiger partial charge in [-0.3, -0.25) is 4.68 Å². The lowest BCUT2D eigenvalue weighted by Gasteiger charge is -1.98. The van der Waals surface area contributed by atoms with E-state index < -0.39 is 0 Å². The van der Waals surface area contributed by atoms with Crippen LogP contribution >= 0.6 is 0 Å². The molecular formula is C9H14N2O. The summed E-state index contributed by atoms with van der Waals surface area (Å²) in [5, 5.41) is 13.4. The third kappa shape index (κ3) is 1.25. The lowest BCUT2D eigenvalue weighted by atomic mass is 10.3. The highest BCUT2D eigenvalue weighted by molar-refractivity contribution is 5.18. The van der Waals surface area contributed by atoms with Gasteiger partial charge in [0.05, 0.1) is 18.0 Å². The standard InChI is InChI=1S/C9H14N2O/c1-2-11-8(6-12)5-9(10-11)7-3-4-7/h5,7,12H,2-4,6H2,1H3. The van der Waals surface area contributed by atoms with Crippen LogP contribution in [0.2, 0.25) is 0 Å². The van der Waals surface area contributed by atoms with Crippen LogP contribution in [-0.4, -0.2) is 14.9 Å². The fraction of sp³-hybridized carbons (Fsp3) is 0.667. The lowest BCUT2D eigenvalue weighted by Crippen LogP contribution is -2.02. The maximum atomic E-state index is 9.00.